The molecule has 0 radical (unpaired) electrons. The second-order valence-corrected chi connectivity index (χ2v) is 2.99. The van der Waals surface area contributed by atoms with E-state index >= 15 is 0 Å². The highest BCUT2D eigenvalue weighted by Crippen LogP contribution is 2.11. The molecule has 16 heavy (non-hydrogen) atoms. The third-order valence-corrected chi connectivity index (χ3v) is 1.93. The summed E-state index contributed by atoms with van der Waals surface area (Å²) in [5.74, 6) is -3.82. The summed E-state index contributed by atoms with van der Waals surface area (Å²) in [6.45, 7) is 0. The highest BCUT2D eigenvalue weighted by atomic mass is 19.1. The highest BCUT2D eigenvalue weighted by Gasteiger charge is 2.26. The molecule has 0 bridgehead atoms. The summed E-state index contributed by atoms with van der Waals surface area (Å²) in [5.41, 5.74) is 4.78. The smallest absolute Gasteiger partial charge is 0.330 e. The monoisotopic (exact) mass is 229 g/mol. The fourth-order valence-electron chi connectivity index (χ4n) is 1.09. The van der Waals surface area contributed by atoms with Gasteiger partial charge >= 0.3 is 5.97 Å². The van der Waals surface area contributed by atoms with Crippen LogP contribution in [0.2, 0.25) is 0 Å². The van der Waals surface area contributed by atoms with E-state index in [0.29, 0.717) is 6.07 Å². The first-order valence-electron chi connectivity index (χ1n) is 4.30. The van der Waals surface area contributed by atoms with Crippen molar-refractivity contribution in [2.45, 2.75) is 6.04 Å². The predicted octanol–water partition coefficient (Wildman–Crippen LogP) is 0.648. The number of ketones is 1. The standard InChI is InChI=1S/C10H9F2NO3/c1-16-10(15)8(13)9(14)6-3-2-5(11)4-7(6)12/h2-4,8H,13H2,1H3. The Morgan fingerprint density at radius 3 is 2.50 bits per heavy atom. The number of rotatable bonds is 3. The van der Waals surface area contributed by atoms with Crippen LogP contribution in [0.3, 0.4) is 0 Å². The Morgan fingerprint density at radius 2 is 2.00 bits per heavy atom. The molecule has 0 aliphatic rings. The Hall–Kier alpha value is -1.82. The minimum absolute atomic E-state index is 0.445. The molecule has 0 aromatic heterocycles. The normalized spacial score (nSPS) is 12.0. The zero-order valence-electron chi connectivity index (χ0n) is 8.37. The van der Waals surface area contributed by atoms with Gasteiger partial charge < -0.3 is 10.5 Å². The van der Waals surface area contributed by atoms with E-state index in [4.69, 9.17) is 5.73 Å². The molecule has 0 aliphatic heterocycles. The van der Waals surface area contributed by atoms with Gasteiger partial charge in [0, 0.05) is 6.07 Å². The van der Waals surface area contributed by atoms with Crippen LogP contribution in [0.5, 0.6) is 0 Å². The largest absolute Gasteiger partial charge is 0.468 e. The van der Waals surface area contributed by atoms with Gasteiger partial charge in [0.05, 0.1) is 12.7 Å². The summed E-state index contributed by atoms with van der Waals surface area (Å²) in [4.78, 5) is 22.4. The second-order valence-electron chi connectivity index (χ2n) is 2.99. The van der Waals surface area contributed by atoms with Crippen molar-refractivity contribution in [3.8, 4) is 0 Å². The number of methoxy groups -OCH3 is 1. The maximum Gasteiger partial charge on any atom is 0.330 e. The third-order valence-electron chi connectivity index (χ3n) is 1.93. The number of nitrogens with two attached hydrogens (primary N) is 1. The fraction of sp³-hybridized carbons (Fsp3) is 0.200. The van der Waals surface area contributed by atoms with Gasteiger partial charge in [0.15, 0.2) is 11.8 Å². The number of halogens is 2. The van der Waals surface area contributed by atoms with Crippen molar-refractivity contribution >= 4 is 11.8 Å². The molecule has 0 saturated carbocycles. The molecule has 0 saturated heterocycles. The lowest BCUT2D eigenvalue weighted by molar-refractivity contribution is -0.140. The SMILES string of the molecule is COC(=O)C(N)C(=O)c1ccc(F)cc1F. The van der Waals surface area contributed by atoms with Crippen molar-refractivity contribution in [1.82, 2.24) is 0 Å². The Balaban J connectivity index is 3.01. The van der Waals surface area contributed by atoms with Crippen LogP contribution < -0.4 is 5.73 Å². The second kappa shape index (κ2) is 4.80. The van der Waals surface area contributed by atoms with Crippen LogP contribution >= 0.6 is 0 Å². The number of benzene rings is 1. The average molecular weight is 229 g/mol. The molecule has 2 N–H and O–H groups in total. The molecule has 0 fully saturated rings. The van der Waals surface area contributed by atoms with Crippen LogP contribution in [-0.2, 0) is 9.53 Å². The van der Waals surface area contributed by atoms with Crippen molar-refractivity contribution in [2.75, 3.05) is 7.11 Å². The van der Waals surface area contributed by atoms with Gasteiger partial charge in [0.25, 0.3) is 0 Å². The van der Waals surface area contributed by atoms with E-state index in [2.05, 4.69) is 4.74 Å². The summed E-state index contributed by atoms with van der Waals surface area (Å²) < 4.78 is 30.0. The summed E-state index contributed by atoms with van der Waals surface area (Å²) in [6, 6.07) is 0.762. The number of Topliss-reactive ketones (excluding diaryl/α,β-unsaturated/α-hetero) is 1. The number of ether oxygens (including phenoxy) is 1. The fourth-order valence-corrected chi connectivity index (χ4v) is 1.09. The Labute approximate surface area is 90.0 Å². The van der Waals surface area contributed by atoms with E-state index in [-0.39, 0.29) is 0 Å². The lowest BCUT2D eigenvalue weighted by Gasteiger charge is -2.08. The van der Waals surface area contributed by atoms with Crippen LogP contribution in [0, 0.1) is 11.6 Å². The van der Waals surface area contributed by atoms with Crippen LogP contribution in [0.15, 0.2) is 18.2 Å². The van der Waals surface area contributed by atoms with Crippen molar-refractivity contribution in [2.24, 2.45) is 5.73 Å². The van der Waals surface area contributed by atoms with Crippen molar-refractivity contribution in [3.05, 3.63) is 35.4 Å². The average Bonchev–Trinajstić information content (AvgIpc) is 2.26. The number of carbonyl (C=O) groups excluding carboxylic acids is 2. The quantitative estimate of drug-likeness (QED) is 0.469. The van der Waals surface area contributed by atoms with Gasteiger partial charge in [-0.3, -0.25) is 4.79 Å². The topological polar surface area (TPSA) is 69.4 Å². The lowest BCUT2D eigenvalue weighted by Crippen LogP contribution is -2.39. The van der Waals surface area contributed by atoms with Crippen LogP contribution in [-0.4, -0.2) is 24.9 Å². The van der Waals surface area contributed by atoms with Crippen LogP contribution in [0.25, 0.3) is 0 Å². The third kappa shape index (κ3) is 2.40. The summed E-state index contributed by atoms with van der Waals surface area (Å²) in [6.07, 6.45) is 0. The molecular weight excluding hydrogens is 220 g/mol. The molecule has 1 atom stereocenters. The van der Waals surface area contributed by atoms with E-state index < -0.39 is 35.0 Å². The number of esters is 1. The minimum Gasteiger partial charge on any atom is -0.468 e. The van der Waals surface area contributed by atoms with E-state index in [9.17, 15) is 18.4 Å². The molecule has 4 nitrogen and oxygen atoms in total. The molecule has 1 aromatic carbocycles. The number of carbonyl (C=O) groups is 2. The minimum atomic E-state index is -1.61. The van der Waals surface area contributed by atoms with Gasteiger partial charge in [-0.25, -0.2) is 13.6 Å². The molecular formula is C10H9F2NO3. The van der Waals surface area contributed by atoms with Gasteiger partial charge in [-0.15, -0.1) is 0 Å². The zero-order valence-corrected chi connectivity index (χ0v) is 8.37. The summed E-state index contributed by atoms with van der Waals surface area (Å²) >= 11 is 0. The first kappa shape index (κ1) is 12.3. The zero-order chi connectivity index (χ0) is 12.3. The molecule has 1 unspecified atom stereocenters. The first-order chi connectivity index (χ1) is 7.47. The molecule has 0 spiro atoms. The molecule has 1 rings (SSSR count). The number of hydrogen-bond acceptors (Lipinski definition) is 4. The highest BCUT2D eigenvalue weighted by molar-refractivity contribution is 6.11. The van der Waals surface area contributed by atoms with E-state index in [0.717, 1.165) is 19.2 Å². The molecule has 6 heteroatoms. The van der Waals surface area contributed by atoms with Crippen molar-refractivity contribution in [3.63, 3.8) is 0 Å². The first-order valence-corrected chi connectivity index (χ1v) is 4.30. The lowest BCUT2D eigenvalue weighted by atomic mass is 10.0. The Morgan fingerprint density at radius 1 is 1.38 bits per heavy atom. The van der Waals surface area contributed by atoms with Crippen molar-refractivity contribution in [1.29, 1.82) is 0 Å². The Kier molecular flexibility index (Phi) is 3.68. The molecule has 0 heterocycles. The maximum atomic E-state index is 13.2. The molecule has 0 aliphatic carbocycles. The molecule has 1 aromatic rings. The van der Waals surface area contributed by atoms with Gasteiger partial charge in [0.1, 0.15) is 11.6 Å². The Bertz CT molecular complexity index is 434. The van der Waals surface area contributed by atoms with Gasteiger partial charge in [0.2, 0.25) is 0 Å². The van der Waals surface area contributed by atoms with E-state index in [1.54, 1.807) is 0 Å². The van der Waals surface area contributed by atoms with Crippen LogP contribution in [0.4, 0.5) is 8.78 Å². The van der Waals surface area contributed by atoms with Gasteiger partial charge in [-0.05, 0) is 12.1 Å². The number of hydrogen-bond donors (Lipinski definition) is 1. The predicted molar refractivity (Wildman–Crippen MR) is 50.7 cm³/mol. The van der Waals surface area contributed by atoms with E-state index in [1.807, 2.05) is 0 Å². The molecule has 86 valence electrons. The van der Waals surface area contributed by atoms with Crippen LogP contribution in [0.1, 0.15) is 10.4 Å². The molecule has 0 amide bonds. The summed E-state index contributed by atoms with van der Waals surface area (Å²) in [7, 11) is 1.05. The summed E-state index contributed by atoms with van der Waals surface area (Å²) in [5, 5.41) is 0. The van der Waals surface area contributed by atoms with E-state index in [1.165, 1.54) is 0 Å². The van der Waals surface area contributed by atoms with Crippen molar-refractivity contribution < 1.29 is 23.1 Å². The maximum absolute atomic E-state index is 13.2. The van der Waals surface area contributed by atoms with Gasteiger partial charge in [-0.1, -0.05) is 0 Å². The van der Waals surface area contributed by atoms with Gasteiger partial charge in [-0.2, -0.15) is 0 Å².